The Morgan fingerprint density at radius 2 is 0.577 bits per heavy atom. The number of urea groups is 1. The summed E-state index contributed by atoms with van der Waals surface area (Å²) < 4.78 is 55.5. The third kappa shape index (κ3) is 74.2. The van der Waals surface area contributed by atoms with Crippen LogP contribution in [0.5, 0.6) is 0 Å². The summed E-state index contributed by atoms with van der Waals surface area (Å²) in [7, 11) is -8.79. The van der Waals surface area contributed by atoms with Gasteiger partial charge in [-0.05, 0) is 70.6 Å². The number of ether oxygens (including phenoxy) is 2. The van der Waals surface area contributed by atoms with E-state index in [0.717, 1.165) is 154 Å². The third-order valence-corrected chi connectivity index (χ3v) is 22.3. The first-order valence-electron chi connectivity index (χ1n) is 43.1. The molecular weight excluding hydrogens is 1370 g/mol. The average molecular weight is 1540 g/mol. The van der Waals surface area contributed by atoms with Crippen molar-refractivity contribution < 1.29 is 128 Å². The first-order valence-corrected chi connectivity index (χ1v) is 46.4. The Balaban J connectivity index is -0.00000850. The second-order valence-electron chi connectivity index (χ2n) is 29.7. The zero-order chi connectivity index (χ0) is 74.9. The van der Waals surface area contributed by atoms with E-state index in [-0.39, 0.29) is 150 Å². The molecule has 0 heterocycles. The van der Waals surface area contributed by atoms with Gasteiger partial charge in [0.2, 0.25) is 11.8 Å². The number of carbonyl (C=O) groups excluding carboxylic acids is 5. The average Bonchev–Trinajstić information content (AvgIpc) is 0.889. The van der Waals surface area contributed by atoms with Gasteiger partial charge >= 0.3 is 92.5 Å². The fourth-order valence-corrected chi connectivity index (χ4v) is 15.1. The van der Waals surface area contributed by atoms with Crippen molar-refractivity contribution in [3.63, 3.8) is 0 Å². The number of unbranched alkanes of at least 4 members (excludes halogenated alkanes) is 46. The molecule has 0 fully saturated rings. The molecule has 104 heavy (non-hydrogen) atoms. The molecule has 4 amide bonds. The molecule has 0 spiro atoms. The van der Waals surface area contributed by atoms with E-state index in [4.69, 9.17) is 23.0 Å². The molecule has 0 saturated heterocycles. The van der Waals surface area contributed by atoms with Crippen molar-refractivity contribution in [3.8, 4) is 0 Å². The second kappa shape index (κ2) is 80.5. The van der Waals surface area contributed by atoms with Gasteiger partial charge in [-0.15, -0.1) is 0 Å². The molecule has 0 aliphatic heterocycles. The van der Waals surface area contributed by atoms with Crippen LogP contribution in [0.4, 0.5) is 4.79 Å². The van der Waals surface area contributed by atoms with Gasteiger partial charge in [-0.25, -0.2) is 9.36 Å². The third-order valence-electron chi connectivity index (χ3n) is 19.8. The minimum atomic E-state index is -4.64. The van der Waals surface area contributed by atoms with Crippen LogP contribution in [0.15, 0.2) is 0 Å². The molecule has 6 N–H and O–H groups in total. The van der Waals surface area contributed by atoms with Gasteiger partial charge in [0.1, 0.15) is 12.2 Å². The first kappa shape index (κ1) is 108. The number of phosphoric acid groups is 1. The Hall–Kier alpha value is -0.590. The number of carbonyl (C=O) groups is 5. The van der Waals surface area contributed by atoms with Gasteiger partial charge in [-0.1, -0.05) is 337 Å². The summed E-state index contributed by atoms with van der Waals surface area (Å²) in [5.74, 6) is -0.870. The second-order valence-corrected chi connectivity index (χ2v) is 33.1. The molecule has 6 atom stereocenters. The Kier molecular flexibility index (Phi) is 83.2. The van der Waals surface area contributed by atoms with Crippen LogP contribution in [-0.2, 0) is 51.4 Å². The summed E-state index contributed by atoms with van der Waals surface area (Å²) in [6.07, 6.45) is 59.5. The monoisotopic (exact) mass is 1540 g/mol. The van der Waals surface area contributed by atoms with Crippen molar-refractivity contribution in [2.45, 2.75) is 458 Å². The van der Waals surface area contributed by atoms with Gasteiger partial charge in [0.05, 0.1) is 38.1 Å². The fraction of sp³-hybridized carbons (Fsp3) is 0.939. The predicted octanol–water partition coefficient (Wildman–Crippen LogP) is 17.6. The van der Waals surface area contributed by atoms with Crippen LogP contribution in [0.3, 0.4) is 0 Å². The Bertz CT molecular complexity index is 1920. The molecule has 608 valence electrons. The smallest absolute Gasteiger partial charge is 1.00 e. The zero-order valence-corrected chi connectivity index (χ0v) is 74.7. The van der Waals surface area contributed by atoms with Crippen molar-refractivity contribution in [1.29, 1.82) is 0 Å². The number of hydrogen-bond acceptors (Lipinski definition) is 12. The van der Waals surface area contributed by atoms with Crippen LogP contribution in [-0.4, -0.2) is 103 Å². The SMILES string of the molecule is CCCCCCCCCCCCC(=O)N[C@@H](CCOP(=O)(O)CCCNC(=O)NCCOP(=O)(O)OCC[C@H](NC(=O)CCCCCCCCCCCC)C(CCCCCCCCCC)OC(=O)CCCCCCCCCC)C(CCCCCCCCCC)OC(=O)CCCCCCCCCC.[H-].[H-].[Na+].[Na+]. The number of amides is 4. The van der Waals surface area contributed by atoms with Crippen LogP contribution in [0.1, 0.15) is 436 Å². The molecule has 22 heteroatoms. The molecule has 4 unspecified atom stereocenters. The van der Waals surface area contributed by atoms with E-state index in [9.17, 15) is 42.9 Å². The van der Waals surface area contributed by atoms with E-state index in [1.54, 1.807) is 0 Å². The number of rotatable bonds is 80. The molecule has 0 radical (unpaired) electrons. The zero-order valence-electron chi connectivity index (χ0n) is 70.9. The summed E-state index contributed by atoms with van der Waals surface area (Å²) in [6.45, 7) is 12.4. The summed E-state index contributed by atoms with van der Waals surface area (Å²) in [5.41, 5.74) is 0. The van der Waals surface area contributed by atoms with Crippen molar-refractivity contribution >= 4 is 45.2 Å². The van der Waals surface area contributed by atoms with Crippen molar-refractivity contribution in [2.24, 2.45) is 0 Å². The van der Waals surface area contributed by atoms with E-state index in [2.05, 4.69) is 62.8 Å². The summed E-state index contributed by atoms with van der Waals surface area (Å²) in [6, 6.07) is -1.88. The van der Waals surface area contributed by atoms with Crippen molar-refractivity contribution in [2.75, 3.05) is 39.1 Å². The topological polar surface area (TPSA) is 254 Å². The quantitative estimate of drug-likeness (QED) is 0.0143. The van der Waals surface area contributed by atoms with Crippen LogP contribution in [0.2, 0.25) is 0 Å². The normalized spacial score (nSPS) is 13.7. The van der Waals surface area contributed by atoms with Gasteiger partial charge in [0.15, 0.2) is 0 Å². The molecule has 0 aromatic rings. The number of esters is 2. The van der Waals surface area contributed by atoms with Crippen LogP contribution >= 0.6 is 15.4 Å². The predicted molar refractivity (Wildman–Crippen MR) is 425 cm³/mol. The van der Waals surface area contributed by atoms with Gasteiger partial charge in [0.25, 0.3) is 0 Å². The minimum absolute atomic E-state index is 0. The number of hydrogen-bond donors (Lipinski definition) is 6. The summed E-state index contributed by atoms with van der Waals surface area (Å²) in [5, 5.41) is 11.6. The summed E-state index contributed by atoms with van der Waals surface area (Å²) >= 11 is 0. The first-order chi connectivity index (χ1) is 49.6. The molecule has 0 aromatic carbocycles. The minimum Gasteiger partial charge on any atom is -1.00 e. The maximum Gasteiger partial charge on any atom is 1.00 e. The van der Waals surface area contributed by atoms with Gasteiger partial charge in [-0.3, -0.25) is 32.8 Å². The molecule has 0 bridgehead atoms. The molecular formula is C82H164N4Na2O14P2. The van der Waals surface area contributed by atoms with E-state index >= 15 is 0 Å². The van der Waals surface area contributed by atoms with Gasteiger partial charge in [-0.2, -0.15) is 0 Å². The largest absolute Gasteiger partial charge is 1.00 e. The molecule has 0 aliphatic rings. The van der Waals surface area contributed by atoms with Crippen LogP contribution < -0.4 is 80.4 Å². The molecule has 18 nitrogen and oxygen atoms in total. The van der Waals surface area contributed by atoms with E-state index in [1.807, 2.05) is 0 Å². The van der Waals surface area contributed by atoms with Gasteiger partial charge < -0.3 is 47.9 Å². The Morgan fingerprint density at radius 1 is 0.317 bits per heavy atom. The number of phosphoric ester groups is 1. The van der Waals surface area contributed by atoms with E-state index < -0.39 is 45.7 Å². The van der Waals surface area contributed by atoms with Gasteiger partial charge in [0, 0.05) is 38.8 Å². The van der Waals surface area contributed by atoms with Crippen molar-refractivity contribution in [1.82, 2.24) is 21.3 Å². The molecule has 0 saturated carbocycles. The Labute approximate surface area is 685 Å². The molecule has 0 rings (SSSR count). The molecule has 0 aromatic heterocycles. The van der Waals surface area contributed by atoms with E-state index in [1.165, 1.54) is 180 Å². The molecule has 0 aliphatic carbocycles. The van der Waals surface area contributed by atoms with E-state index in [0.29, 0.717) is 32.1 Å². The van der Waals surface area contributed by atoms with Crippen LogP contribution in [0.25, 0.3) is 0 Å². The van der Waals surface area contributed by atoms with Crippen LogP contribution in [0, 0.1) is 0 Å². The number of nitrogens with one attached hydrogen (secondary N) is 4. The van der Waals surface area contributed by atoms with Crippen molar-refractivity contribution in [3.05, 3.63) is 0 Å². The summed E-state index contributed by atoms with van der Waals surface area (Å²) in [4.78, 5) is 88.9. The Morgan fingerprint density at radius 3 is 0.894 bits per heavy atom. The fourth-order valence-electron chi connectivity index (χ4n) is 13.3. The standard InChI is InChI=1S/C82H162N4O14P2.2Na.2H/c1-7-13-19-25-31-37-39-43-49-55-62-78(87)85-74(76(60-53-47-41-33-27-21-15-9-3)99-80(89)64-57-51-45-35-29-23-17-11-5)66-70-96-101(92,93)73-59-68-83-82(91)84-69-72-98-102(94,95)97-71-67-75(86-79(88)63-56-50-44-40-38-32-26-20-14-8-2)77(61-54-48-42-34-28-22-16-10-4)100-81(90)65-58-52-46-36-30-24-18-12-6;;;;/h74-77H,7-73H2,1-6H3,(H,85,87)(H,86,88)(H,92,93)(H,94,95)(H2,83,84,91);;;;/q;2*+1;2*-1/t74-,75-,76?,77?;;;;/m0..../s1. The maximum absolute atomic E-state index is 13.6. The maximum atomic E-state index is 13.6.